The van der Waals surface area contributed by atoms with Crippen LogP contribution in [0.3, 0.4) is 0 Å². The SMILES string of the molecule is O=C(/C=C/c1cn(-c2ccccc2)nc1-c1ccc(Cl)cc1)NCCCO. The number of nitrogens with one attached hydrogen (secondary N) is 1. The number of aliphatic hydroxyl groups excluding tert-OH is 1. The van der Waals surface area contributed by atoms with Gasteiger partial charge in [-0.05, 0) is 36.8 Å². The van der Waals surface area contributed by atoms with E-state index < -0.39 is 0 Å². The van der Waals surface area contributed by atoms with Crippen LogP contribution in [0.4, 0.5) is 0 Å². The van der Waals surface area contributed by atoms with Gasteiger partial charge in [0.1, 0.15) is 0 Å². The molecule has 0 bridgehead atoms. The lowest BCUT2D eigenvalue weighted by Gasteiger charge is -2.01. The molecule has 0 aliphatic carbocycles. The quantitative estimate of drug-likeness (QED) is 0.484. The molecule has 0 unspecified atom stereocenters. The number of aliphatic hydroxyl groups is 1. The minimum absolute atomic E-state index is 0.0502. The van der Waals surface area contributed by atoms with Gasteiger partial charge in [0.05, 0.1) is 11.4 Å². The highest BCUT2D eigenvalue weighted by atomic mass is 35.5. The minimum atomic E-state index is -0.210. The van der Waals surface area contributed by atoms with Crippen LogP contribution in [0.2, 0.25) is 5.02 Å². The van der Waals surface area contributed by atoms with Crippen LogP contribution in [0.15, 0.2) is 66.9 Å². The third kappa shape index (κ3) is 5.06. The van der Waals surface area contributed by atoms with E-state index in [1.54, 1.807) is 10.8 Å². The molecule has 0 saturated heterocycles. The fraction of sp³-hybridized carbons (Fsp3) is 0.143. The van der Waals surface area contributed by atoms with Gasteiger partial charge >= 0.3 is 0 Å². The van der Waals surface area contributed by atoms with E-state index in [2.05, 4.69) is 5.32 Å². The van der Waals surface area contributed by atoms with E-state index in [1.165, 1.54) is 6.08 Å². The zero-order valence-corrected chi connectivity index (χ0v) is 15.4. The van der Waals surface area contributed by atoms with E-state index in [1.807, 2.05) is 60.8 Å². The van der Waals surface area contributed by atoms with Crippen LogP contribution in [0, 0.1) is 0 Å². The first-order valence-electron chi connectivity index (χ1n) is 8.65. The lowest BCUT2D eigenvalue weighted by atomic mass is 10.1. The number of hydrogen-bond donors (Lipinski definition) is 2. The van der Waals surface area contributed by atoms with Crippen molar-refractivity contribution in [1.82, 2.24) is 15.1 Å². The molecular formula is C21H20ClN3O2. The number of nitrogens with zero attached hydrogens (tertiary/aromatic N) is 2. The molecule has 1 heterocycles. The van der Waals surface area contributed by atoms with E-state index >= 15 is 0 Å². The average Bonchev–Trinajstić information content (AvgIpc) is 3.12. The third-order valence-electron chi connectivity index (χ3n) is 3.93. The van der Waals surface area contributed by atoms with Crippen molar-refractivity contribution >= 4 is 23.6 Å². The largest absolute Gasteiger partial charge is 0.396 e. The summed E-state index contributed by atoms with van der Waals surface area (Å²) < 4.78 is 1.78. The van der Waals surface area contributed by atoms with Gasteiger partial charge in [0, 0.05) is 41.6 Å². The molecule has 1 aromatic heterocycles. The summed E-state index contributed by atoms with van der Waals surface area (Å²) >= 11 is 5.99. The molecule has 2 aromatic carbocycles. The molecule has 0 radical (unpaired) electrons. The summed E-state index contributed by atoms with van der Waals surface area (Å²) in [5.74, 6) is -0.210. The number of carbonyl (C=O) groups is 1. The molecule has 0 aliphatic rings. The van der Waals surface area contributed by atoms with Gasteiger partial charge in [-0.3, -0.25) is 4.79 Å². The number of aromatic nitrogens is 2. The van der Waals surface area contributed by atoms with Crippen molar-refractivity contribution in [3.05, 3.63) is 77.5 Å². The first-order valence-corrected chi connectivity index (χ1v) is 9.03. The second-order valence-corrected chi connectivity index (χ2v) is 6.36. The van der Waals surface area contributed by atoms with Gasteiger partial charge in [-0.15, -0.1) is 0 Å². The highest BCUT2D eigenvalue weighted by molar-refractivity contribution is 6.30. The predicted molar refractivity (Wildman–Crippen MR) is 108 cm³/mol. The van der Waals surface area contributed by atoms with Crippen molar-refractivity contribution in [2.45, 2.75) is 6.42 Å². The van der Waals surface area contributed by atoms with Gasteiger partial charge in [-0.2, -0.15) is 5.10 Å². The fourth-order valence-corrected chi connectivity index (χ4v) is 2.70. The van der Waals surface area contributed by atoms with Gasteiger partial charge < -0.3 is 10.4 Å². The lowest BCUT2D eigenvalue weighted by molar-refractivity contribution is -0.116. The van der Waals surface area contributed by atoms with Gasteiger partial charge in [-0.1, -0.05) is 41.9 Å². The van der Waals surface area contributed by atoms with Crippen molar-refractivity contribution < 1.29 is 9.90 Å². The molecule has 3 aromatic rings. The van der Waals surface area contributed by atoms with E-state index in [0.717, 1.165) is 22.5 Å². The Morgan fingerprint density at radius 3 is 2.59 bits per heavy atom. The number of halogens is 1. The van der Waals surface area contributed by atoms with Gasteiger partial charge in [0.25, 0.3) is 0 Å². The number of benzene rings is 2. The van der Waals surface area contributed by atoms with Crippen molar-refractivity contribution in [3.8, 4) is 16.9 Å². The van der Waals surface area contributed by atoms with Gasteiger partial charge in [0.15, 0.2) is 0 Å². The summed E-state index contributed by atoms with van der Waals surface area (Å²) in [6.45, 7) is 0.488. The smallest absolute Gasteiger partial charge is 0.244 e. The Kier molecular flexibility index (Phi) is 6.41. The van der Waals surface area contributed by atoms with Crippen LogP contribution < -0.4 is 5.32 Å². The predicted octanol–water partition coefficient (Wildman–Crippen LogP) is 3.70. The summed E-state index contributed by atoms with van der Waals surface area (Å²) in [6.07, 6.45) is 5.63. The summed E-state index contributed by atoms with van der Waals surface area (Å²) in [5, 5.41) is 16.9. The number of amides is 1. The minimum Gasteiger partial charge on any atom is -0.396 e. The first kappa shape index (κ1) is 18.9. The lowest BCUT2D eigenvalue weighted by Crippen LogP contribution is -2.22. The molecule has 0 fully saturated rings. The topological polar surface area (TPSA) is 67.2 Å². The molecule has 0 spiro atoms. The summed E-state index contributed by atoms with van der Waals surface area (Å²) in [4.78, 5) is 11.9. The Bertz CT molecular complexity index is 918. The zero-order chi connectivity index (χ0) is 19.1. The molecule has 6 heteroatoms. The monoisotopic (exact) mass is 381 g/mol. The molecular weight excluding hydrogens is 362 g/mol. The molecule has 0 aliphatic heterocycles. The maximum Gasteiger partial charge on any atom is 0.244 e. The van der Waals surface area contributed by atoms with Crippen LogP contribution in [0.1, 0.15) is 12.0 Å². The molecule has 2 N–H and O–H groups in total. The van der Waals surface area contributed by atoms with E-state index in [9.17, 15) is 4.79 Å². The molecule has 0 atom stereocenters. The fourth-order valence-electron chi connectivity index (χ4n) is 2.57. The zero-order valence-electron chi connectivity index (χ0n) is 14.7. The van der Waals surface area contributed by atoms with Crippen LogP contribution in [-0.4, -0.2) is 33.9 Å². The van der Waals surface area contributed by atoms with Crippen LogP contribution in [0.5, 0.6) is 0 Å². The summed E-state index contributed by atoms with van der Waals surface area (Å²) in [7, 11) is 0. The normalized spacial score (nSPS) is 11.0. The van der Waals surface area contributed by atoms with Crippen LogP contribution >= 0.6 is 11.6 Å². The number of para-hydroxylation sites is 1. The Morgan fingerprint density at radius 1 is 1.15 bits per heavy atom. The van der Waals surface area contributed by atoms with E-state index in [4.69, 9.17) is 21.8 Å². The van der Waals surface area contributed by atoms with Gasteiger partial charge in [-0.25, -0.2) is 4.68 Å². The second kappa shape index (κ2) is 9.16. The highest BCUT2D eigenvalue weighted by Crippen LogP contribution is 2.26. The summed E-state index contributed by atoms with van der Waals surface area (Å²) in [6, 6.07) is 17.2. The second-order valence-electron chi connectivity index (χ2n) is 5.92. The van der Waals surface area contributed by atoms with Crippen molar-refractivity contribution in [1.29, 1.82) is 0 Å². The van der Waals surface area contributed by atoms with Crippen LogP contribution in [-0.2, 0) is 4.79 Å². The van der Waals surface area contributed by atoms with Crippen molar-refractivity contribution in [2.24, 2.45) is 0 Å². The molecule has 138 valence electrons. The molecule has 3 rings (SSSR count). The Balaban J connectivity index is 1.92. The maximum absolute atomic E-state index is 11.9. The summed E-state index contributed by atoms with van der Waals surface area (Å²) in [5.41, 5.74) is 3.42. The molecule has 1 amide bonds. The average molecular weight is 382 g/mol. The van der Waals surface area contributed by atoms with Crippen LogP contribution in [0.25, 0.3) is 23.0 Å². The third-order valence-corrected chi connectivity index (χ3v) is 4.18. The molecule has 5 nitrogen and oxygen atoms in total. The Hall–Kier alpha value is -2.89. The first-order chi connectivity index (χ1) is 13.2. The molecule has 0 saturated carbocycles. The number of hydrogen-bond acceptors (Lipinski definition) is 3. The van der Waals surface area contributed by atoms with Crippen molar-refractivity contribution in [3.63, 3.8) is 0 Å². The van der Waals surface area contributed by atoms with Crippen molar-refractivity contribution in [2.75, 3.05) is 13.2 Å². The number of rotatable bonds is 7. The maximum atomic E-state index is 11.9. The Morgan fingerprint density at radius 2 is 1.89 bits per heavy atom. The number of carbonyl (C=O) groups excluding carboxylic acids is 1. The highest BCUT2D eigenvalue weighted by Gasteiger charge is 2.11. The van der Waals surface area contributed by atoms with E-state index in [-0.39, 0.29) is 12.5 Å². The molecule has 27 heavy (non-hydrogen) atoms. The standard InChI is InChI=1S/C21H20ClN3O2/c22-18-10-7-16(8-11-18)21-17(9-12-20(27)23-13-4-14-26)15-25(24-21)19-5-2-1-3-6-19/h1-3,5-12,15,26H,4,13-14H2,(H,23,27)/b12-9+. The Labute approximate surface area is 162 Å². The van der Waals surface area contributed by atoms with E-state index in [0.29, 0.717) is 18.0 Å². The van der Waals surface area contributed by atoms with Gasteiger partial charge in [0.2, 0.25) is 5.91 Å².